The fraction of sp³-hybridized carbons (Fsp3) is 0.538. The van der Waals surface area contributed by atoms with Gasteiger partial charge in [0.15, 0.2) is 11.6 Å². The molecule has 2 rings (SSSR count). The van der Waals surface area contributed by atoms with Gasteiger partial charge in [-0.05, 0) is 45.3 Å². The van der Waals surface area contributed by atoms with Crippen molar-refractivity contribution in [1.82, 2.24) is 0 Å². The Morgan fingerprint density at radius 3 is 2.05 bits per heavy atom. The second kappa shape index (κ2) is 4.46. The Hall–Kier alpha value is -1.14. The van der Waals surface area contributed by atoms with Gasteiger partial charge in [0.1, 0.15) is 0 Å². The molecule has 1 aromatic rings. The van der Waals surface area contributed by atoms with Crippen LogP contribution in [-0.2, 0) is 9.31 Å². The number of anilines is 1. The van der Waals surface area contributed by atoms with Crippen LogP contribution in [0.3, 0.4) is 0 Å². The lowest BCUT2D eigenvalue weighted by molar-refractivity contribution is 0.00578. The molecule has 0 atom stereocenters. The van der Waals surface area contributed by atoms with Crippen molar-refractivity contribution in [2.24, 2.45) is 0 Å². The van der Waals surface area contributed by atoms with Crippen molar-refractivity contribution in [3.05, 3.63) is 23.8 Å². The van der Waals surface area contributed by atoms with E-state index < -0.39 is 30.0 Å². The molecular weight excluding hydrogens is 251 g/mol. The summed E-state index contributed by atoms with van der Waals surface area (Å²) in [7, 11) is 0.832. The summed E-state index contributed by atoms with van der Waals surface area (Å²) < 4.78 is 38.6. The molecule has 0 saturated carbocycles. The van der Waals surface area contributed by atoms with Gasteiger partial charge in [0.05, 0.1) is 16.9 Å². The van der Waals surface area contributed by atoms with Gasteiger partial charge in [-0.1, -0.05) is 0 Å². The lowest BCUT2D eigenvalue weighted by Gasteiger charge is -2.32. The Morgan fingerprint density at radius 1 is 1.05 bits per heavy atom. The lowest BCUT2D eigenvalue weighted by atomic mass is 9.79. The van der Waals surface area contributed by atoms with Crippen molar-refractivity contribution < 1.29 is 18.1 Å². The minimum absolute atomic E-state index is 0.0877. The van der Waals surface area contributed by atoms with Crippen molar-refractivity contribution in [2.75, 3.05) is 12.4 Å². The Balaban J connectivity index is 2.37. The maximum absolute atomic E-state index is 13.5. The van der Waals surface area contributed by atoms with Gasteiger partial charge in [-0.25, -0.2) is 8.78 Å². The van der Waals surface area contributed by atoms with Crippen LogP contribution in [0.15, 0.2) is 12.1 Å². The van der Waals surface area contributed by atoms with Crippen LogP contribution >= 0.6 is 0 Å². The monoisotopic (exact) mass is 269 g/mol. The minimum Gasteiger partial charge on any atom is -0.399 e. The quantitative estimate of drug-likeness (QED) is 0.836. The van der Waals surface area contributed by atoms with E-state index in [0.717, 1.165) is 6.07 Å². The van der Waals surface area contributed by atoms with Crippen molar-refractivity contribution in [2.45, 2.75) is 38.9 Å². The molecule has 0 amide bonds. The van der Waals surface area contributed by atoms with Crippen LogP contribution in [0.25, 0.3) is 0 Å². The van der Waals surface area contributed by atoms with Gasteiger partial charge in [-0.2, -0.15) is 0 Å². The van der Waals surface area contributed by atoms with Gasteiger partial charge in [0.25, 0.3) is 0 Å². The highest BCUT2D eigenvalue weighted by Crippen LogP contribution is 2.36. The molecule has 0 unspecified atom stereocenters. The largest absolute Gasteiger partial charge is 0.495 e. The molecule has 1 aliphatic heterocycles. The number of hydrogen-bond donors (Lipinski definition) is 1. The molecule has 1 aliphatic rings. The number of rotatable bonds is 2. The van der Waals surface area contributed by atoms with E-state index in [4.69, 9.17) is 9.31 Å². The zero-order chi connectivity index (χ0) is 14.4. The third-order valence-electron chi connectivity index (χ3n) is 3.85. The molecule has 104 valence electrons. The Labute approximate surface area is 112 Å². The van der Waals surface area contributed by atoms with Crippen molar-refractivity contribution in [3.8, 4) is 0 Å². The minimum atomic E-state index is -0.920. The van der Waals surface area contributed by atoms with Gasteiger partial charge in [0.2, 0.25) is 0 Å². The van der Waals surface area contributed by atoms with Crippen LogP contribution in [0.4, 0.5) is 14.5 Å². The van der Waals surface area contributed by atoms with Crippen molar-refractivity contribution >= 4 is 18.3 Å². The van der Waals surface area contributed by atoms with Crippen LogP contribution in [0.1, 0.15) is 27.7 Å². The van der Waals surface area contributed by atoms with E-state index in [2.05, 4.69) is 5.32 Å². The molecule has 1 fully saturated rings. The molecule has 0 aliphatic carbocycles. The Morgan fingerprint density at radius 2 is 1.58 bits per heavy atom. The molecule has 3 nitrogen and oxygen atoms in total. The average Bonchev–Trinajstić information content (AvgIpc) is 2.52. The van der Waals surface area contributed by atoms with E-state index >= 15 is 0 Å². The maximum atomic E-state index is 13.5. The highest BCUT2D eigenvalue weighted by Gasteiger charge is 2.51. The van der Waals surface area contributed by atoms with E-state index in [9.17, 15) is 8.78 Å². The zero-order valence-electron chi connectivity index (χ0n) is 11.8. The smallest absolute Gasteiger partial charge is 0.399 e. The Kier molecular flexibility index (Phi) is 3.35. The number of nitrogens with one attached hydrogen (secondary N) is 1. The van der Waals surface area contributed by atoms with E-state index in [1.165, 1.54) is 13.1 Å². The first-order chi connectivity index (χ1) is 8.68. The summed E-state index contributed by atoms with van der Waals surface area (Å²) in [6, 6.07) is 2.61. The molecule has 1 aromatic carbocycles. The zero-order valence-corrected chi connectivity index (χ0v) is 11.8. The van der Waals surface area contributed by atoms with Gasteiger partial charge in [-0.3, -0.25) is 0 Å². The lowest BCUT2D eigenvalue weighted by Crippen LogP contribution is -2.41. The van der Waals surface area contributed by atoms with Crippen molar-refractivity contribution in [3.63, 3.8) is 0 Å². The Bertz CT molecular complexity index is 490. The van der Waals surface area contributed by atoms with Gasteiger partial charge in [0, 0.05) is 7.05 Å². The van der Waals surface area contributed by atoms with E-state index in [1.807, 2.05) is 27.7 Å². The standard InChI is InChI=1S/C13H18BF2NO2/c1-12(2)13(3,4)19-14(18-12)8-6-9(15)11(16)10(7-8)17-5/h6-7,17H,1-5H3. The summed E-state index contributed by atoms with van der Waals surface area (Å²) in [4.78, 5) is 0. The van der Waals surface area contributed by atoms with E-state index in [0.29, 0.717) is 5.46 Å². The SMILES string of the molecule is CNc1cc(B2OC(C)(C)C(C)(C)O2)cc(F)c1F. The molecule has 0 aromatic heterocycles. The summed E-state index contributed by atoms with van der Waals surface area (Å²) in [5.74, 6) is -1.82. The highest BCUT2D eigenvalue weighted by atomic mass is 19.2. The second-order valence-electron chi connectivity index (χ2n) is 5.70. The molecule has 0 bridgehead atoms. The molecule has 6 heteroatoms. The first kappa shape index (κ1) is 14.3. The van der Waals surface area contributed by atoms with E-state index in [1.54, 1.807) is 0 Å². The molecule has 19 heavy (non-hydrogen) atoms. The number of halogens is 2. The van der Waals surface area contributed by atoms with Crippen LogP contribution < -0.4 is 10.8 Å². The molecule has 0 spiro atoms. The predicted octanol–water partition coefficient (Wildman–Crippen LogP) is 2.31. The average molecular weight is 269 g/mol. The molecular formula is C13H18BF2NO2. The van der Waals surface area contributed by atoms with Crippen LogP contribution in [0, 0.1) is 11.6 Å². The second-order valence-corrected chi connectivity index (χ2v) is 5.70. The topological polar surface area (TPSA) is 30.5 Å². The van der Waals surface area contributed by atoms with Gasteiger partial charge < -0.3 is 14.6 Å². The molecule has 1 heterocycles. The molecule has 1 saturated heterocycles. The summed E-state index contributed by atoms with van der Waals surface area (Å²) in [6.07, 6.45) is 0. The first-order valence-corrected chi connectivity index (χ1v) is 6.20. The highest BCUT2D eigenvalue weighted by molar-refractivity contribution is 6.62. The predicted molar refractivity (Wildman–Crippen MR) is 71.6 cm³/mol. The summed E-state index contributed by atoms with van der Waals surface area (Å²) in [6.45, 7) is 7.63. The van der Waals surface area contributed by atoms with Crippen LogP contribution in [0.5, 0.6) is 0 Å². The van der Waals surface area contributed by atoms with Crippen LogP contribution in [0.2, 0.25) is 0 Å². The number of hydrogen-bond acceptors (Lipinski definition) is 3. The third-order valence-corrected chi connectivity index (χ3v) is 3.85. The summed E-state index contributed by atoms with van der Waals surface area (Å²) >= 11 is 0. The fourth-order valence-electron chi connectivity index (χ4n) is 1.91. The summed E-state index contributed by atoms with van der Waals surface area (Å²) in [5.41, 5.74) is -0.475. The third kappa shape index (κ3) is 2.34. The molecule has 1 N–H and O–H groups in total. The molecule has 0 radical (unpaired) electrons. The maximum Gasteiger partial charge on any atom is 0.495 e. The first-order valence-electron chi connectivity index (χ1n) is 6.20. The fourth-order valence-corrected chi connectivity index (χ4v) is 1.91. The number of benzene rings is 1. The summed E-state index contributed by atoms with van der Waals surface area (Å²) in [5, 5.41) is 2.62. The van der Waals surface area contributed by atoms with Gasteiger partial charge >= 0.3 is 7.12 Å². The van der Waals surface area contributed by atoms with Crippen molar-refractivity contribution in [1.29, 1.82) is 0 Å². The normalized spacial score (nSPS) is 20.7. The van der Waals surface area contributed by atoms with E-state index in [-0.39, 0.29) is 5.69 Å². The van der Waals surface area contributed by atoms with Crippen LogP contribution in [-0.4, -0.2) is 25.4 Å². The van der Waals surface area contributed by atoms with Gasteiger partial charge in [-0.15, -0.1) is 0 Å².